The molecule has 1 aliphatic heterocycles. The summed E-state index contributed by atoms with van der Waals surface area (Å²) in [4.78, 5) is 35.2. The van der Waals surface area contributed by atoms with Crippen LogP contribution >= 0.6 is 0 Å². The molecule has 0 aliphatic carbocycles. The van der Waals surface area contributed by atoms with Crippen LogP contribution in [0.25, 0.3) is 0 Å². The van der Waals surface area contributed by atoms with Crippen LogP contribution in [-0.2, 0) is 6.18 Å². The van der Waals surface area contributed by atoms with Crippen molar-refractivity contribution in [2.45, 2.75) is 25.6 Å². The first-order valence-electron chi connectivity index (χ1n) is 8.56. The van der Waals surface area contributed by atoms with E-state index < -0.39 is 29.2 Å². The van der Waals surface area contributed by atoms with Gasteiger partial charge in [0.25, 0.3) is 5.91 Å². The summed E-state index contributed by atoms with van der Waals surface area (Å²) in [7, 11) is 1.32. The number of halogens is 3. The second kappa shape index (κ2) is 6.90. The molecule has 1 aliphatic rings. The summed E-state index contributed by atoms with van der Waals surface area (Å²) in [5, 5.41) is 2.75. The Labute approximate surface area is 164 Å². The fraction of sp³-hybridized carbons (Fsp3) is 0.333. The second-order valence-electron chi connectivity index (χ2n) is 7.28. The maximum absolute atomic E-state index is 12.9. The van der Waals surface area contributed by atoms with Gasteiger partial charge in [-0.15, -0.1) is 0 Å². The standard InChI is InChI=1S/C18H19F3N6O2/c1-17(2)9-27(16(29)25-17)15-23-8-12(13(22)24-15)14(28)26(3)11-6-4-5-10(7-11)18(19,20)21/h4-8H,9H2,1-3H3,(H,25,29)(H2,22,23,24). The fourth-order valence-corrected chi connectivity index (χ4v) is 2.89. The molecule has 1 saturated heterocycles. The van der Waals surface area contributed by atoms with Gasteiger partial charge in [0, 0.05) is 18.9 Å². The van der Waals surface area contributed by atoms with Crippen LogP contribution in [0.4, 0.5) is 35.4 Å². The van der Waals surface area contributed by atoms with Gasteiger partial charge in [0.15, 0.2) is 0 Å². The normalized spacial score (nSPS) is 15.9. The minimum atomic E-state index is -4.53. The van der Waals surface area contributed by atoms with E-state index in [9.17, 15) is 22.8 Å². The number of nitrogens with zero attached hydrogens (tertiary/aromatic N) is 4. The molecule has 0 atom stereocenters. The first-order chi connectivity index (χ1) is 13.4. The first kappa shape index (κ1) is 20.4. The molecule has 0 spiro atoms. The molecule has 1 aromatic carbocycles. The van der Waals surface area contributed by atoms with Crippen molar-refractivity contribution in [1.82, 2.24) is 15.3 Å². The van der Waals surface area contributed by atoms with E-state index in [1.165, 1.54) is 24.1 Å². The lowest BCUT2D eigenvalue weighted by molar-refractivity contribution is -0.137. The number of alkyl halides is 3. The molecule has 0 bridgehead atoms. The van der Waals surface area contributed by atoms with Crippen molar-refractivity contribution in [2.24, 2.45) is 0 Å². The Balaban J connectivity index is 1.86. The van der Waals surface area contributed by atoms with Gasteiger partial charge >= 0.3 is 12.2 Å². The van der Waals surface area contributed by atoms with E-state index in [1.54, 1.807) is 0 Å². The third kappa shape index (κ3) is 4.08. The summed E-state index contributed by atoms with van der Waals surface area (Å²) >= 11 is 0. The van der Waals surface area contributed by atoms with Gasteiger partial charge in [-0.1, -0.05) is 6.07 Å². The molecule has 3 N–H and O–H groups in total. The monoisotopic (exact) mass is 408 g/mol. The molecular formula is C18H19F3N6O2. The number of nitrogens with two attached hydrogens (primary N) is 1. The number of amides is 3. The Morgan fingerprint density at radius 2 is 2.03 bits per heavy atom. The Morgan fingerprint density at radius 1 is 1.34 bits per heavy atom. The molecule has 0 unspecified atom stereocenters. The molecule has 1 aromatic heterocycles. The third-order valence-corrected chi connectivity index (χ3v) is 4.39. The number of carbonyl (C=O) groups excluding carboxylic acids is 2. The molecule has 154 valence electrons. The zero-order valence-corrected chi connectivity index (χ0v) is 15.9. The summed E-state index contributed by atoms with van der Waals surface area (Å²) in [5.41, 5.74) is 4.47. The number of rotatable bonds is 3. The zero-order chi connectivity index (χ0) is 21.6. The predicted molar refractivity (Wildman–Crippen MR) is 101 cm³/mol. The molecule has 2 aromatic rings. The highest BCUT2D eigenvalue weighted by molar-refractivity contribution is 6.08. The summed E-state index contributed by atoms with van der Waals surface area (Å²) in [6.45, 7) is 3.97. The van der Waals surface area contributed by atoms with Crippen molar-refractivity contribution in [3.8, 4) is 0 Å². The minimum Gasteiger partial charge on any atom is -0.383 e. The van der Waals surface area contributed by atoms with Crippen molar-refractivity contribution in [1.29, 1.82) is 0 Å². The Morgan fingerprint density at radius 3 is 2.59 bits per heavy atom. The Bertz CT molecular complexity index is 976. The van der Waals surface area contributed by atoms with Crippen LogP contribution in [0.15, 0.2) is 30.5 Å². The SMILES string of the molecule is CN(C(=O)c1cnc(N2CC(C)(C)NC2=O)nc1N)c1cccc(C(F)(F)F)c1. The fourth-order valence-electron chi connectivity index (χ4n) is 2.89. The van der Waals surface area contributed by atoms with E-state index >= 15 is 0 Å². The summed E-state index contributed by atoms with van der Waals surface area (Å²) in [6.07, 6.45) is -3.38. The van der Waals surface area contributed by atoms with E-state index in [1.807, 2.05) is 13.8 Å². The number of hydrogen-bond acceptors (Lipinski definition) is 5. The van der Waals surface area contributed by atoms with Gasteiger partial charge in [0.1, 0.15) is 11.4 Å². The number of nitrogens with one attached hydrogen (secondary N) is 1. The van der Waals surface area contributed by atoms with Crippen LogP contribution in [0.1, 0.15) is 29.8 Å². The number of anilines is 3. The van der Waals surface area contributed by atoms with Gasteiger partial charge in [-0.25, -0.2) is 9.78 Å². The third-order valence-electron chi connectivity index (χ3n) is 4.39. The lowest BCUT2D eigenvalue weighted by Gasteiger charge is -2.20. The highest BCUT2D eigenvalue weighted by Crippen LogP contribution is 2.32. The number of nitrogen functional groups attached to an aromatic ring is 1. The van der Waals surface area contributed by atoms with E-state index in [0.717, 1.165) is 23.2 Å². The molecule has 0 saturated carbocycles. The molecule has 29 heavy (non-hydrogen) atoms. The summed E-state index contributed by atoms with van der Waals surface area (Å²) in [6, 6.07) is 3.96. The zero-order valence-electron chi connectivity index (χ0n) is 15.9. The molecule has 1 fully saturated rings. The number of urea groups is 1. The number of hydrogen-bond donors (Lipinski definition) is 2. The lowest BCUT2D eigenvalue weighted by atomic mass is 10.1. The second-order valence-corrected chi connectivity index (χ2v) is 7.28. The van der Waals surface area contributed by atoms with Crippen LogP contribution < -0.4 is 20.9 Å². The van der Waals surface area contributed by atoms with E-state index in [4.69, 9.17) is 5.73 Å². The smallest absolute Gasteiger partial charge is 0.383 e. The largest absolute Gasteiger partial charge is 0.416 e. The molecule has 3 amide bonds. The van der Waals surface area contributed by atoms with Gasteiger partial charge in [0.2, 0.25) is 5.95 Å². The Kier molecular flexibility index (Phi) is 4.85. The average Bonchev–Trinajstić information content (AvgIpc) is 2.92. The van der Waals surface area contributed by atoms with Crippen LogP contribution in [0, 0.1) is 0 Å². The summed E-state index contributed by atoms with van der Waals surface area (Å²) < 4.78 is 38.8. The van der Waals surface area contributed by atoms with Gasteiger partial charge < -0.3 is 16.0 Å². The highest BCUT2D eigenvalue weighted by Gasteiger charge is 2.37. The van der Waals surface area contributed by atoms with E-state index in [-0.39, 0.29) is 23.0 Å². The van der Waals surface area contributed by atoms with Crippen LogP contribution in [-0.4, -0.2) is 41.0 Å². The highest BCUT2D eigenvalue weighted by atomic mass is 19.4. The van der Waals surface area contributed by atoms with Gasteiger partial charge in [-0.3, -0.25) is 9.69 Å². The lowest BCUT2D eigenvalue weighted by Crippen LogP contribution is -2.36. The average molecular weight is 408 g/mol. The molecule has 11 heteroatoms. The van der Waals surface area contributed by atoms with Crippen molar-refractivity contribution >= 4 is 29.4 Å². The Hall–Kier alpha value is -3.37. The minimum absolute atomic E-state index is 0.0313. The van der Waals surface area contributed by atoms with E-state index in [0.29, 0.717) is 6.54 Å². The molecular weight excluding hydrogens is 389 g/mol. The van der Waals surface area contributed by atoms with Crippen LogP contribution in [0.3, 0.4) is 0 Å². The predicted octanol–water partition coefficient (Wildman–Crippen LogP) is 2.66. The first-order valence-corrected chi connectivity index (χ1v) is 8.56. The molecule has 2 heterocycles. The van der Waals surface area contributed by atoms with Gasteiger partial charge in [0.05, 0.1) is 17.6 Å². The summed E-state index contributed by atoms with van der Waals surface area (Å²) in [5.74, 6) is -0.834. The molecule has 3 rings (SSSR count). The van der Waals surface area contributed by atoms with Crippen molar-refractivity contribution in [2.75, 3.05) is 29.1 Å². The van der Waals surface area contributed by atoms with Gasteiger partial charge in [-0.2, -0.15) is 18.2 Å². The number of carbonyl (C=O) groups is 2. The number of aromatic nitrogens is 2. The van der Waals surface area contributed by atoms with E-state index in [2.05, 4.69) is 15.3 Å². The number of benzene rings is 1. The van der Waals surface area contributed by atoms with Crippen LogP contribution in [0.2, 0.25) is 0 Å². The maximum Gasteiger partial charge on any atom is 0.416 e. The van der Waals surface area contributed by atoms with Crippen LogP contribution in [0.5, 0.6) is 0 Å². The topological polar surface area (TPSA) is 104 Å². The van der Waals surface area contributed by atoms with Crippen molar-refractivity contribution < 1.29 is 22.8 Å². The molecule has 8 nitrogen and oxygen atoms in total. The maximum atomic E-state index is 12.9. The molecule has 0 radical (unpaired) electrons. The van der Waals surface area contributed by atoms with Crippen molar-refractivity contribution in [3.05, 3.63) is 41.6 Å². The van der Waals surface area contributed by atoms with Gasteiger partial charge in [-0.05, 0) is 32.0 Å². The quantitative estimate of drug-likeness (QED) is 0.813. The van der Waals surface area contributed by atoms with Crippen molar-refractivity contribution in [3.63, 3.8) is 0 Å².